The van der Waals surface area contributed by atoms with Crippen LogP contribution in [0.25, 0.3) is 0 Å². The number of halogens is 1. The Morgan fingerprint density at radius 3 is 2.81 bits per heavy atom. The minimum absolute atomic E-state index is 0. The van der Waals surface area contributed by atoms with Crippen LogP contribution in [0.1, 0.15) is 21.2 Å². The molecule has 21 heavy (non-hydrogen) atoms. The normalized spacial score (nSPS) is 11.7. The summed E-state index contributed by atoms with van der Waals surface area (Å²) in [5, 5.41) is 0. The van der Waals surface area contributed by atoms with Crippen LogP contribution in [0.15, 0.2) is 16.7 Å². The molecule has 0 aliphatic carbocycles. The fourth-order valence-electron chi connectivity index (χ4n) is 1.65. The van der Waals surface area contributed by atoms with Crippen LogP contribution in [0, 0.1) is 0 Å². The molecule has 0 fully saturated rings. The summed E-state index contributed by atoms with van der Waals surface area (Å²) in [7, 11) is 0.610. The topological polar surface area (TPSA) is 71.5 Å². The quantitative estimate of drug-likeness (QED) is 0.665. The van der Waals surface area contributed by atoms with Crippen LogP contribution >= 0.6 is 15.9 Å². The maximum Gasteiger partial charge on any atom is 0.238 e. The van der Waals surface area contributed by atoms with Gasteiger partial charge in [0.15, 0.2) is 0 Å². The van der Waals surface area contributed by atoms with Gasteiger partial charge in [0, 0.05) is 18.6 Å². The van der Waals surface area contributed by atoms with Crippen LogP contribution in [0.4, 0.5) is 5.69 Å². The van der Waals surface area contributed by atoms with Crippen LogP contribution in [0.2, 0.25) is 0 Å². The Hall–Kier alpha value is -0.860. The van der Waals surface area contributed by atoms with Crippen molar-refractivity contribution in [1.82, 2.24) is 9.88 Å². The fourth-order valence-corrected chi connectivity index (χ4v) is 3.10. The lowest BCUT2D eigenvalue weighted by atomic mass is 10.4. The maximum atomic E-state index is 11.9. The van der Waals surface area contributed by atoms with E-state index in [4.69, 9.17) is 4.74 Å². The smallest absolute Gasteiger partial charge is 0.238 e. The first-order valence-corrected chi connectivity index (χ1v) is 9.22. The molecule has 0 saturated carbocycles. The van der Waals surface area contributed by atoms with Gasteiger partial charge in [-0.15, -0.1) is 0 Å². The van der Waals surface area contributed by atoms with Crippen LogP contribution in [0.5, 0.6) is 5.88 Å². The average Bonchev–Trinajstić information content (AvgIpc) is 2.35. The molecular weight excluding hydrogens is 358 g/mol. The number of pyridine rings is 1. The molecule has 0 radical (unpaired) electrons. The molecule has 0 aromatic carbocycles. The summed E-state index contributed by atoms with van der Waals surface area (Å²) >= 11 is 3.28. The number of hydrogen-bond donors (Lipinski definition) is 1. The third kappa shape index (κ3) is 7.10. The van der Waals surface area contributed by atoms with Crippen molar-refractivity contribution in [3.8, 4) is 5.88 Å². The Labute approximate surface area is 136 Å². The first-order chi connectivity index (χ1) is 9.84. The first kappa shape index (κ1) is 18.2. The van der Waals surface area contributed by atoms with E-state index in [1.54, 1.807) is 12.3 Å². The van der Waals surface area contributed by atoms with Gasteiger partial charge in [-0.1, -0.05) is 6.92 Å². The highest BCUT2D eigenvalue weighted by atomic mass is 79.9. The van der Waals surface area contributed by atoms with Crippen molar-refractivity contribution in [3.05, 3.63) is 16.7 Å². The molecule has 0 unspecified atom stereocenters. The lowest BCUT2D eigenvalue weighted by molar-refractivity contribution is 0.274. The van der Waals surface area contributed by atoms with Crippen molar-refractivity contribution in [2.24, 2.45) is 0 Å². The fraction of sp³-hybridized carbons (Fsp3) is 0.615. The lowest BCUT2D eigenvalue weighted by Crippen LogP contribution is -2.18. The lowest BCUT2D eigenvalue weighted by Gasteiger charge is -2.14. The monoisotopic (exact) mass is 381 g/mol. The molecule has 0 bridgehead atoms. The Morgan fingerprint density at radius 1 is 1.48 bits per heavy atom. The zero-order valence-corrected chi connectivity index (χ0v) is 15.0. The summed E-state index contributed by atoms with van der Waals surface area (Å²) < 4.78 is 32.5. The van der Waals surface area contributed by atoms with Crippen molar-refractivity contribution in [1.29, 1.82) is 0 Å². The molecule has 1 heterocycles. The Kier molecular flexibility index (Phi) is 7.41. The van der Waals surface area contributed by atoms with Gasteiger partial charge in [0.2, 0.25) is 15.9 Å². The van der Waals surface area contributed by atoms with E-state index in [-0.39, 0.29) is 7.18 Å². The molecule has 0 aliphatic heterocycles. The molecule has 0 saturated heterocycles. The van der Waals surface area contributed by atoms with E-state index in [9.17, 15) is 8.42 Å². The van der Waals surface area contributed by atoms with E-state index in [0.717, 1.165) is 13.0 Å². The van der Waals surface area contributed by atoms with Gasteiger partial charge in [-0.25, -0.2) is 13.4 Å². The molecule has 0 aliphatic rings. The zero-order chi connectivity index (χ0) is 15.9. The highest BCUT2D eigenvalue weighted by Gasteiger charge is 2.14. The third-order valence-corrected chi connectivity index (χ3v) is 4.45. The van der Waals surface area contributed by atoms with Crippen molar-refractivity contribution in [2.75, 3.05) is 37.7 Å². The molecule has 1 aromatic heterocycles. The van der Waals surface area contributed by atoms with Gasteiger partial charge in [0.1, 0.15) is 5.69 Å². The molecule has 0 atom stereocenters. The van der Waals surface area contributed by atoms with Crippen LogP contribution < -0.4 is 9.46 Å². The van der Waals surface area contributed by atoms with Crippen molar-refractivity contribution in [3.63, 3.8) is 0 Å². The molecule has 8 heteroatoms. The minimum atomic E-state index is -3.37. The number of nitrogens with zero attached hydrogens (tertiary/aromatic N) is 2. The highest BCUT2D eigenvalue weighted by Crippen LogP contribution is 2.26. The van der Waals surface area contributed by atoms with E-state index in [0.29, 0.717) is 29.1 Å². The predicted molar refractivity (Wildman–Crippen MR) is 90.4 cm³/mol. The standard InChI is InChI=1S/C13H22BrN3O3S.H2/c1-4-8-21(18,19)16-12-9-11(14)10-15-13(12)20-7-5-6-17(2)3;/h9-10,16H,4-8H2,1-3H3;1H. The Morgan fingerprint density at radius 2 is 2.19 bits per heavy atom. The van der Waals surface area contributed by atoms with Gasteiger partial charge in [0.25, 0.3) is 0 Å². The number of nitrogens with one attached hydrogen (secondary N) is 1. The number of ether oxygens (including phenoxy) is 1. The molecule has 0 spiro atoms. The second-order valence-corrected chi connectivity index (χ2v) is 7.69. The van der Waals surface area contributed by atoms with Crippen LogP contribution in [0.3, 0.4) is 0 Å². The SMILES string of the molecule is CCCS(=O)(=O)Nc1cc(Br)cnc1OCCCN(C)C.[HH]. The largest absolute Gasteiger partial charge is 0.476 e. The first-order valence-electron chi connectivity index (χ1n) is 6.77. The number of sulfonamides is 1. The van der Waals surface area contributed by atoms with Gasteiger partial charge < -0.3 is 9.64 Å². The molecule has 1 rings (SSSR count). The van der Waals surface area contributed by atoms with Crippen molar-refractivity contribution in [2.45, 2.75) is 19.8 Å². The van der Waals surface area contributed by atoms with Gasteiger partial charge in [-0.2, -0.15) is 0 Å². The third-order valence-electron chi connectivity index (χ3n) is 2.54. The summed E-state index contributed by atoms with van der Waals surface area (Å²) in [5.41, 5.74) is 0.364. The predicted octanol–water partition coefficient (Wildman–Crippen LogP) is 2.57. The zero-order valence-electron chi connectivity index (χ0n) is 12.6. The van der Waals surface area contributed by atoms with Crippen molar-refractivity contribution < 1.29 is 14.6 Å². The summed E-state index contributed by atoms with van der Waals surface area (Å²) in [5.74, 6) is 0.371. The van der Waals surface area contributed by atoms with Gasteiger partial charge >= 0.3 is 0 Å². The second kappa shape index (κ2) is 8.55. The van der Waals surface area contributed by atoms with E-state index in [1.807, 2.05) is 21.0 Å². The van der Waals surface area contributed by atoms with Crippen LogP contribution in [-0.2, 0) is 10.0 Å². The summed E-state index contributed by atoms with van der Waals surface area (Å²) in [6.07, 6.45) is 2.97. The molecule has 6 nitrogen and oxygen atoms in total. The molecule has 1 N–H and O–H groups in total. The summed E-state index contributed by atoms with van der Waals surface area (Å²) in [6.45, 7) is 3.19. The Bertz CT molecular complexity index is 555. The maximum absolute atomic E-state index is 11.9. The van der Waals surface area contributed by atoms with Crippen LogP contribution in [-0.4, -0.2) is 51.3 Å². The highest BCUT2D eigenvalue weighted by molar-refractivity contribution is 9.10. The van der Waals surface area contributed by atoms with Gasteiger partial charge in [-0.3, -0.25) is 4.72 Å². The van der Waals surface area contributed by atoms with Gasteiger partial charge in [-0.05, 0) is 48.9 Å². The van der Waals surface area contributed by atoms with E-state index in [2.05, 4.69) is 30.5 Å². The average molecular weight is 382 g/mol. The van der Waals surface area contributed by atoms with E-state index in [1.165, 1.54) is 0 Å². The number of hydrogen-bond acceptors (Lipinski definition) is 5. The van der Waals surface area contributed by atoms with Crippen molar-refractivity contribution >= 4 is 31.6 Å². The molecule has 122 valence electrons. The molecule has 1 aromatic rings. The molecular formula is C13H24BrN3O3S. The van der Waals surface area contributed by atoms with Gasteiger partial charge in [0.05, 0.1) is 12.4 Å². The Balaban J connectivity index is 0.00000441. The second-order valence-electron chi connectivity index (χ2n) is 4.93. The number of anilines is 1. The summed E-state index contributed by atoms with van der Waals surface area (Å²) in [6, 6.07) is 1.65. The minimum Gasteiger partial charge on any atom is -0.476 e. The molecule has 0 amide bonds. The summed E-state index contributed by atoms with van der Waals surface area (Å²) in [4.78, 5) is 6.19. The number of aromatic nitrogens is 1. The van der Waals surface area contributed by atoms with E-state index < -0.39 is 10.0 Å². The number of rotatable bonds is 9. The van der Waals surface area contributed by atoms with E-state index >= 15 is 0 Å².